The van der Waals surface area contributed by atoms with Crippen molar-refractivity contribution < 1.29 is 0 Å². The van der Waals surface area contributed by atoms with Crippen molar-refractivity contribution in [3.8, 4) is 0 Å². The Hall–Kier alpha value is -1.60. The minimum Gasteiger partial charge on any atom is -0.355 e. The van der Waals surface area contributed by atoms with E-state index in [-0.39, 0.29) is 18.4 Å². The molecule has 0 radical (unpaired) electrons. The van der Waals surface area contributed by atoms with Crippen molar-refractivity contribution in [1.29, 1.82) is 0 Å². The predicted octanol–water partition coefficient (Wildman–Crippen LogP) is 6.95. The van der Waals surface area contributed by atoms with E-state index < -0.39 is 0 Å². The number of nitrogens with zero attached hydrogens (tertiary/aromatic N) is 6. The molecule has 36 heavy (non-hydrogen) atoms. The molecule has 1 unspecified atom stereocenters. The van der Waals surface area contributed by atoms with Gasteiger partial charge in [-0.05, 0) is 69.8 Å². The monoisotopic (exact) mass is 550 g/mol. The fourth-order valence-electron chi connectivity index (χ4n) is 5.92. The van der Waals surface area contributed by atoms with Gasteiger partial charge in [0.15, 0.2) is 5.65 Å². The van der Waals surface area contributed by atoms with Crippen LogP contribution in [-0.2, 0) is 0 Å². The van der Waals surface area contributed by atoms with E-state index in [1.165, 1.54) is 51.6 Å². The molecule has 2 aliphatic rings. The Balaban J connectivity index is 0.00000304. The van der Waals surface area contributed by atoms with Crippen LogP contribution in [0.5, 0.6) is 0 Å². The van der Waals surface area contributed by atoms with Crippen LogP contribution < -0.4 is 4.90 Å². The number of fused-ring (bicyclic) bond motifs is 1. The van der Waals surface area contributed by atoms with E-state index in [0.29, 0.717) is 22.0 Å². The molecule has 196 valence electrons. The van der Waals surface area contributed by atoms with Crippen molar-refractivity contribution in [3.63, 3.8) is 0 Å². The first-order valence-corrected chi connectivity index (χ1v) is 13.8. The highest BCUT2D eigenvalue weighted by Gasteiger charge is 2.31. The maximum absolute atomic E-state index is 6.52. The van der Waals surface area contributed by atoms with Gasteiger partial charge in [-0.1, -0.05) is 55.5 Å². The van der Waals surface area contributed by atoms with Crippen molar-refractivity contribution in [2.75, 3.05) is 31.1 Å². The van der Waals surface area contributed by atoms with Crippen LogP contribution in [0, 0.1) is 12.8 Å². The molecule has 2 fully saturated rings. The molecule has 2 aliphatic heterocycles. The molecule has 5 rings (SSSR count). The van der Waals surface area contributed by atoms with Crippen molar-refractivity contribution in [2.24, 2.45) is 5.92 Å². The molecule has 3 atom stereocenters. The van der Waals surface area contributed by atoms with E-state index in [4.69, 9.17) is 38.3 Å². The molecule has 0 bridgehead atoms. The first kappa shape index (κ1) is 27.4. The standard InChI is InChI=1S/C27H36Cl2N6.ClH/c1-18-17-34(14-11-24(18)33-12-7-5-4-6-8-13-33)25-16-30-26-19(2)32-35(27(26)31-25)20(3)22-10-9-21(28)15-23(22)29;/h9-10,15-16,18,20,24H,4-8,11-14,17H2,1-3H3;1H/t18-,20?,24+;/m1./s1. The van der Waals surface area contributed by atoms with Gasteiger partial charge in [-0.2, -0.15) is 5.10 Å². The van der Waals surface area contributed by atoms with E-state index in [9.17, 15) is 0 Å². The number of likely N-dealkylation sites (tertiary alicyclic amines) is 1. The summed E-state index contributed by atoms with van der Waals surface area (Å²) in [5, 5.41) is 6.06. The van der Waals surface area contributed by atoms with E-state index in [1.54, 1.807) is 6.07 Å². The Labute approximate surface area is 230 Å². The molecule has 0 spiro atoms. The summed E-state index contributed by atoms with van der Waals surface area (Å²) in [5.41, 5.74) is 3.49. The first-order valence-electron chi connectivity index (χ1n) is 13.1. The third-order valence-electron chi connectivity index (χ3n) is 7.88. The van der Waals surface area contributed by atoms with Gasteiger partial charge in [-0.15, -0.1) is 12.4 Å². The highest BCUT2D eigenvalue weighted by molar-refractivity contribution is 6.35. The Bertz CT molecular complexity index is 1170. The number of rotatable bonds is 4. The summed E-state index contributed by atoms with van der Waals surface area (Å²) in [5.74, 6) is 1.53. The maximum atomic E-state index is 6.52. The Morgan fingerprint density at radius 2 is 1.75 bits per heavy atom. The molecule has 6 nitrogen and oxygen atoms in total. The number of hydrogen-bond donors (Lipinski definition) is 0. The third-order valence-corrected chi connectivity index (χ3v) is 8.44. The molecule has 3 aromatic rings. The predicted molar refractivity (Wildman–Crippen MR) is 152 cm³/mol. The lowest BCUT2D eigenvalue weighted by Gasteiger charge is -2.43. The highest BCUT2D eigenvalue weighted by Crippen LogP contribution is 2.32. The fraction of sp³-hybridized carbons (Fsp3) is 0.593. The van der Waals surface area contributed by atoms with E-state index in [0.717, 1.165) is 41.3 Å². The molecule has 2 saturated heterocycles. The van der Waals surface area contributed by atoms with Crippen molar-refractivity contribution in [2.45, 2.75) is 71.4 Å². The topological polar surface area (TPSA) is 50.1 Å². The van der Waals surface area contributed by atoms with Crippen LogP contribution in [0.4, 0.5) is 5.82 Å². The van der Waals surface area contributed by atoms with Gasteiger partial charge < -0.3 is 4.90 Å². The number of benzene rings is 1. The lowest BCUT2D eigenvalue weighted by molar-refractivity contribution is 0.118. The van der Waals surface area contributed by atoms with Gasteiger partial charge in [0, 0.05) is 29.2 Å². The third kappa shape index (κ3) is 5.62. The average Bonchev–Trinajstić information content (AvgIpc) is 3.15. The fourth-order valence-corrected chi connectivity index (χ4v) is 6.49. The second kappa shape index (κ2) is 11.8. The summed E-state index contributed by atoms with van der Waals surface area (Å²) in [6.45, 7) is 11.0. The second-order valence-corrected chi connectivity index (χ2v) is 11.2. The maximum Gasteiger partial charge on any atom is 0.179 e. The first-order chi connectivity index (χ1) is 16.9. The lowest BCUT2D eigenvalue weighted by atomic mass is 9.91. The molecule has 0 saturated carbocycles. The van der Waals surface area contributed by atoms with Gasteiger partial charge in [0.1, 0.15) is 11.3 Å². The summed E-state index contributed by atoms with van der Waals surface area (Å²) in [6, 6.07) is 6.19. The Morgan fingerprint density at radius 1 is 1.03 bits per heavy atom. The molecule has 2 aromatic heterocycles. The molecule has 0 amide bonds. The molecular formula is C27H37Cl3N6. The SMILES string of the molecule is Cc1nn(C(C)c2ccc(Cl)cc2Cl)c2nc(N3CC[C@H](N4CCCCCCC4)[C@H](C)C3)cnc12.Cl. The number of anilines is 1. The molecule has 1 aromatic carbocycles. The zero-order chi connectivity index (χ0) is 24.5. The van der Waals surface area contributed by atoms with Crippen LogP contribution in [0.2, 0.25) is 10.0 Å². The molecular weight excluding hydrogens is 515 g/mol. The highest BCUT2D eigenvalue weighted by atomic mass is 35.5. The Kier molecular flexibility index (Phi) is 9.03. The van der Waals surface area contributed by atoms with Crippen LogP contribution in [-0.4, -0.2) is 56.9 Å². The summed E-state index contributed by atoms with van der Waals surface area (Å²) < 4.78 is 1.95. The number of halogens is 3. The van der Waals surface area contributed by atoms with Crippen LogP contribution >= 0.6 is 35.6 Å². The zero-order valence-corrected chi connectivity index (χ0v) is 23.8. The molecule has 9 heteroatoms. The van der Waals surface area contributed by atoms with Crippen LogP contribution in [0.25, 0.3) is 11.2 Å². The van der Waals surface area contributed by atoms with Crippen LogP contribution in [0.3, 0.4) is 0 Å². The van der Waals surface area contributed by atoms with Crippen LogP contribution in [0.15, 0.2) is 24.4 Å². The number of aryl methyl sites for hydroxylation is 1. The van der Waals surface area contributed by atoms with Crippen molar-refractivity contribution in [1.82, 2.24) is 24.6 Å². The quantitative estimate of drug-likeness (QED) is 0.351. The molecule has 0 N–H and O–H groups in total. The summed E-state index contributed by atoms with van der Waals surface area (Å²) >= 11 is 12.6. The largest absolute Gasteiger partial charge is 0.355 e. The smallest absolute Gasteiger partial charge is 0.179 e. The number of aromatic nitrogens is 4. The van der Waals surface area contributed by atoms with Gasteiger partial charge in [0.25, 0.3) is 0 Å². The Morgan fingerprint density at radius 3 is 2.44 bits per heavy atom. The minimum atomic E-state index is -0.0858. The number of piperidine rings is 1. The summed E-state index contributed by atoms with van der Waals surface area (Å²) in [4.78, 5) is 15.1. The second-order valence-electron chi connectivity index (χ2n) is 10.4. The van der Waals surface area contributed by atoms with Crippen LogP contribution in [0.1, 0.15) is 69.7 Å². The summed E-state index contributed by atoms with van der Waals surface area (Å²) in [6.07, 6.45) is 9.95. The van der Waals surface area contributed by atoms with E-state index in [2.05, 4.69) is 23.6 Å². The van der Waals surface area contributed by atoms with Gasteiger partial charge in [-0.25, -0.2) is 14.6 Å². The van der Waals surface area contributed by atoms with Gasteiger partial charge in [0.05, 0.1) is 17.9 Å². The molecule has 4 heterocycles. The average molecular weight is 552 g/mol. The molecule has 0 aliphatic carbocycles. The van der Waals surface area contributed by atoms with Crippen molar-refractivity contribution >= 4 is 52.6 Å². The van der Waals surface area contributed by atoms with Gasteiger partial charge in [0.2, 0.25) is 0 Å². The zero-order valence-electron chi connectivity index (χ0n) is 21.5. The van der Waals surface area contributed by atoms with Gasteiger partial charge >= 0.3 is 0 Å². The van der Waals surface area contributed by atoms with Gasteiger partial charge in [-0.3, -0.25) is 4.90 Å². The van der Waals surface area contributed by atoms with E-state index in [1.807, 2.05) is 29.9 Å². The van der Waals surface area contributed by atoms with Crippen molar-refractivity contribution in [3.05, 3.63) is 45.7 Å². The minimum absolute atomic E-state index is 0. The normalized spacial score (nSPS) is 22.6. The summed E-state index contributed by atoms with van der Waals surface area (Å²) in [7, 11) is 0. The lowest BCUT2D eigenvalue weighted by Crippen LogP contribution is -2.51. The van der Waals surface area contributed by atoms with E-state index >= 15 is 0 Å². The number of hydrogen-bond acceptors (Lipinski definition) is 5.